The van der Waals surface area contributed by atoms with Crippen molar-refractivity contribution in [2.24, 2.45) is 0 Å². The molecule has 3 aromatic rings. The second-order valence-electron chi connectivity index (χ2n) is 6.59. The number of carbonyl (C=O) groups is 1. The van der Waals surface area contributed by atoms with Gasteiger partial charge in [0.2, 0.25) is 11.6 Å². The zero-order valence-corrected chi connectivity index (χ0v) is 15.7. The van der Waals surface area contributed by atoms with Crippen molar-refractivity contribution < 1.29 is 14.3 Å². The highest BCUT2D eigenvalue weighted by molar-refractivity contribution is 6.30. The maximum atomic E-state index is 12.5. The maximum absolute atomic E-state index is 12.5. The molecule has 4 rings (SSSR count). The Bertz CT molecular complexity index is 1030. The van der Waals surface area contributed by atoms with Crippen LogP contribution in [0.1, 0.15) is 30.3 Å². The zero-order chi connectivity index (χ0) is 19.2. The molecule has 1 aliphatic heterocycles. The number of halogens is 1. The summed E-state index contributed by atoms with van der Waals surface area (Å²) in [5.41, 5.74) is 1.34. The van der Waals surface area contributed by atoms with E-state index in [1.165, 1.54) is 0 Å². The van der Waals surface area contributed by atoms with Gasteiger partial charge in [0.1, 0.15) is 5.82 Å². The first-order valence-electron chi connectivity index (χ1n) is 8.34. The van der Waals surface area contributed by atoms with Gasteiger partial charge in [-0.3, -0.25) is 4.79 Å². The van der Waals surface area contributed by atoms with Crippen LogP contribution in [0.25, 0.3) is 5.69 Å². The summed E-state index contributed by atoms with van der Waals surface area (Å²) >= 11 is 5.91. The van der Waals surface area contributed by atoms with E-state index < -0.39 is 11.7 Å². The van der Waals surface area contributed by atoms with E-state index in [0.717, 1.165) is 5.69 Å². The molecule has 27 heavy (non-hydrogen) atoms. The van der Waals surface area contributed by atoms with Gasteiger partial charge in [-0.2, -0.15) is 0 Å². The van der Waals surface area contributed by atoms with Gasteiger partial charge in [0.25, 0.3) is 5.91 Å². The molecule has 8 heteroatoms. The SMILES string of the molecule is Cc1nc(C(=O)Nc2ccc3c(c2)OC(C)(C)O3)nn1-c1ccc(Cl)cc1. The van der Waals surface area contributed by atoms with E-state index in [4.69, 9.17) is 21.1 Å². The lowest BCUT2D eigenvalue weighted by atomic mass is 10.3. The van der Waals surface area contributed by atoms with Gasteiger partial charge >= 0.3 is 0 Å². The fraction of sp³-hybridized carbons (Fsp3) is 0.211. The summed E-state index contributed by atoms with van der Waals surface area (Å²) in [5.74, 6) is 0.743. The molecule has 0 unspecified atom stereocenters. The number of nitrogens with zero attached hydrogens (tertiary/aromatic N) is 3. The first kappa shape index (κ1) is 17.4. The lowest BCUT2D eigenvalue weighted by molar-refractivity contribution is -0.0431. The number of ether oxygens (including phenoxy) is 2. The van der Waals surface area contributed by atoms with Crippen LogP contribution in [0.3, 0.4) is 0 Å². The van der Waals surface area contributed by atoms with E-state index in [1.807, 2.05) is 26.0 Å². The molecule has 0 saturated carbocycles. The Hall–Kier alpha value is -3.06. The van der Waals surface area contributed by atoms with Crippen molar-refractivity contribution in [3.63, 3.8) is 0 Å². The van der Waals surface area contributed by atoms with Crippen LogP contribution in [0.15, 0.2) is 42.5 Å². The number of aryl methyl sites for hydroxylation is 1. The van der Waals surface area contributed by atoms with Gasteiger partial charge in [0.05, 0.1) is 5.69 Å². The highest BCUT2D eigenvalue weighted by atomic mass is 35.5. The second-order valence-corrected chi connectivity index (χ2v) is 7.03. The zero-order valence-electron chi connectivity index (χ0n) is 15.0. The second kappa shape index (κ2) is 6.28. The fourth-order valence-electron chi connectivity index (χ4n) is 2.80. The number of amides is 1. The number of hydrogen-bond acceptors (Lipinski definition) is 5. The van der Waals surface area contributed by atoms with E-state index in [9.17, 15) is 4.79 Å². The summed E-state index contributed by atoms with van der Waals surface area (Å²) < 4.78 is 12.9. The van der Waals surface area contributed by atoms with Crippen molar-refractivity contribution in [3.05, 3.63) is 59.1 Å². The first-order valence-corrected chi connectivity index (χ1v) is 8.72. The van der Waals surface area contributed by atoms with Crippen molar-refractivity contribution in [2.45, 2.75) is 26.6 Å². The molecule has 0 aliphatic carbocycles. The molecule has 0 spiro atoms. The van der Waals surface area contributed by atoms with Gasteiger partial charge in [-0.15, -0.1) is 5.10 Å². The predicted octanol–water partition coefficient (Wildman–Crippen LogP) is 3.99. The molecule has 1 N–H and O–H groups in total. The normalized spacial score (nSPS) is 14.2. The molecule has 1 aromatic heterocycles. The summed E-state index contributed by atoms with van der Waals surface area (Å²) in [7, 11) is 0. The average molecular weight is 385 g/mol. The number of rotatable bonds is 3. The quantitative estimate of drug-likeness (QED) is 0.738. The molecular formula is C19H17ClN4O3. The van der Waals surface area contributed by atoms with Crippen molar-refractivity contribution >= 4 is 23.2 Å². The molecule has 0 bridgehead atoms. The Labute approximate surface area is 160 Å². The van der Waals surface area contributed by atoms with E-state index >= 15 is 0 Å². The molecule has 2 heterocycles. The molecule has 1 aliphatic rings. The van der Waals surface area contributed by atoms with Crippen LogP contribution in [0.4, 0.5) is 5.69 Å². The van der Waals surface area contributed by atoms with Crippen LogP contribution < -0.4 is 14.8 Å². The number of carbonyl (C=O) groups excluding carboxylic acids is 1. The number of fused-ring (bicyclic) bond motifs is 1. The predicted molar refractivity (Wildman–Crippen MR) is 101 cm³/mol. The smallest absolute Gasteiger partial charge is 0.295 e. The topological polar surface area (TPSA) is 78.3 Å². The Morgan fingerprint density at radius 3 is 2.56 bits per heavy atom. The first-order chi connectivity index (χ1) is 12.8. The van der Waals surface area contributed by atoms with Gasteiger partial charge in [0, 0.05) is 30.6 Å². The van der Waals surface area contributed by atoms with E-state index in [1.54, 1.807) is 41.9 Å². The number of nitrogens with one attached hydrogen (secondary N) is 1. The van der Waals surface area contributed by atoms with Gasteiger partial charge in [-0.1, -0.05) is 11.6 Å². The minimum absolute atomic E-state index is 0.0699. The lowest BCUT2D eigenvalue weighted by Crippen LogP contribution is -2.29. The molecule has 1 amide bonds. The Morgan fingerprint density at radius 1 is 1.11 bits per heavy atom. The van der Waals surface area contributed by atoms with Crippen molar-refractivity contribution in [3.8, 4) is 17.2 Å². The molecule has 0 saturated heterocycles. The average Bonchev–Trinajstić information content (AvgIpc) is 3.13. The van der Waals surface area contributed by atoms with Crippen LogP contribution in [-0.2, 0) is 0 Å². The van der Waals surface area contributed by atoms with E-state index in [0.29, 0.717) is 28.0 Å². The summed E-state index contributed by atoms with van der Waals surface area (Å²) in [6, 6.07) is 12.3. The van der Waals surface area contributed by atoms with Crippen LogP contribution in [0.2, 0.25) is 5.02 Å². The molecule has 2 aromatic carbocycles. The highest BCUT2D eigenvalue weighted by Crippen LogP contribution is 2.40. The minimum Gasteiger partial charge on any atom is -0.449 e. The summed E-state index contributed by atoms with van der Waals surface area (Å²) in [4.78, 5) is 16.8. The Kier molecular flexibility index (Phi) is 4.04. The number of anilines is 1. The van der Waals surface area contributed by atoms with Crippen molar-refractivity contribution in [1.29, 1.82) is 0 Å². The molecule has 0 atom stereocenters. The number of benzene rings is 2. The summed E-state index contributed by atoms with van der Waals surface area (Å²) in [6.45, 7) is 5.42. The molecular weight excluding hydrogens is 368 g/mol. The summed E-state index contributed by atoms with van der Waals surface area (Å²) in [6.07, 6.45) is 0. The van der Waals surface area contributed by atoms with Gasteiger partial charge in [0.15, 0.2) is 11.5 Å². The Morgan fingerprint density at radius 2 is 1.81 bits per heavy atom. The Balaban J connectivity index is 1.55. The number of hydrogen-bond donors (Lipinski definition) is 1. The highest BCUT2D eigenvalue weighted by Gasteiger charge is 2.31. The van der Waals surface area contributed by atoms with E-state index in [-0.39, 0.29) is 5.82 Å². The maximum Gasteiger partial charge on any atom is 0.295 e. The molecule has 7 nitrogen and oxygen atoms in total. The van der Waals surface area contributed by atoms with Gasteiger partial charge in [-0.25, -0.2) is 9.67 Å². The third-order valence-electron chi connectivity index (χ3n) is 3.96. The standard InChI is InChI=1S/C19H17ClN4O3/c1-11-21-17(23-24(11)14-7-4-12(20)5-8-14)18(25)22-13-6-9-15-16(10-13)27-19(2,3)26-15/h4-10H,1-3H3,(H,22,25). The lowest BCUT2D eigenvalue weighted by Gasteiger charge is -2.16. The van der Waals surface area contributed by atoms with Gasteiger partial charge < -0.3 is 14.8 Å². The third-order valence-corrected chi connectivity index (χ3v) is 4.21. The van der Waals surface area contributed by atoms with Gasteiger partial charge in [-0.05, 0) is 43.3 Å². The fourth-order valence-corrected chi connectivity index (χ4v) is 2.93. The number of aromatic nitrogens is 3. The monoisotopic (exact) mass is 384 g/mol. The van der Waals surface area contributed by atoms with Crippen LogP contribution >= 0.6 is 11.6 Å². The molecule has 138 valence electrons. The summed E-state index contributed by atoms with van der Waals surface area (Å²) in [5, 5.41) is 7.70. The van der Waals surface area contributed by atoms with Crippen LogP contribution in [-0.4, -0.2) is 26.5 Å². The minimum atomic E-state index is -0.721. The van der Waals surface area contributed by atoms with Crippen LogP contribution in [0, 0.1) is 6.92 Å². The van der Waals surface area contributed by atoms with Crippen LogP contribution in [0.5, 0.6) is 11.5 Å². The van der Waals surface area contributed by atoms with E-state index in [2.05, 4.69) is 15.4 Å². The molecule has 0 radical (unpaired) electrons. The molecule has 0 fully saturated rings. The largest absolute Gasteiger partial charge is 0.449 e. The van der Waals surface area contributed by atoms with Crippen molar-refractivity contribution in [2.75, 3.05) is 5.32 Å². The third kappa shape index (κ3) is 3.46. The van der Waals surface area contributed by atoms with Crippen molar-refractivity contribution in [1.82, 2.24) is 14.8 Å².